The van der Waals surface area contributed by atoms with Gasteiger partial charge in [0.05, 0.1) is 15.5 Å². The summed E-state index contributed by atoms with van der Waals surface area (Å²) in [6, 6.07) is 0. The summed E-state index contributed by atoms with van der Waals surface area (Å²) in [6.07, 6.45) is 0.759. The van der Waals surface area contributed by atoms with Crippen molar-refractivity contribution in [3.63, 3.8) is 0 Å². The van der Waals surface area contributed by atoms with Crippen LogP contribution in [0.25, 0.3) is 0 Å². The highest BCUT2D eigenvalue weighted by Gasteiger charge is 2.55. The molecule has 1 fully saturated rings. The average molecular weight is 274 g/mol. The first-order valence-electron chi connectivity index (χ1n) is 5.42. The third-order valence-electron chi connectivity index (χ3n) is 2.81. The summed E-state index contributed by atoms with van der Waals surface area (Å²) in [5.41, 5.74) is 5.56. The lowest BCUT2D eigenvalue weighted by Crippen LogP contribution is -2.56. The second-order valence-electron chi connectivity index (χ2n) is 3.81. The smallest absolute Gasteiger partial charge is 0.354 e. The van der Waals surface area contributed by atoms with Crippen LogP contribution in [0.4, 0.5) is 0 Å². The lowest BCUT2D eigenvalue weighted by molar-refractivity contribution is -0.151. The molecule has 2 atom stereocenters. The highest BCUT2D eigenvalue weighted by atomic mass is 32.2. The van der Waals surface area contributed by atoms with Gasteiger partial charge in [-0.1, -0.05) is 18.7 Å². The van der Waals surface area contributed by atoms with Crippen molar-refractivity contribution in [2.45, 2.75) is 18.7 Å². The maximum atomic E-state index is 11.8. The van der Waals surface area contributed by atoms with E-state index >= 15 is 0 Å². The molecule has 0 aromatic carbocycles. The molecular weight excluding hydrogens is 260 g/mol. The minimum Gasteiger partial charge on any atom is -0.477 e. The van der Waals surface area contributed by atoms with Gasteiger partial charge < -0.3 is 10.8 Å². The fourth-order valence-corrected chi connectivity index (χ4v) is 4.73. The number of β-lactam (4-membered cyclic amide) rings is 1. The Morgan fingerprint density at radius 2 is 2.35 bits per heavy atom. The number of thioether (sulfide) groups is 2. The van der Waals surface area contributed by atoms with Crippen LogP contribution in [0, 0.1) is 5.92 Å². The SMILES string of the molecule is CCC1C(=O)N2C(C(=O)O)=C(SCCN)S[C@@H]12. The van der Waals surface area contributed by atoms with E-state index in [4.69, 9.17) is 5.73 Å². The zero-order valence-electron chi connectivity index (χ0n) is 9.38. The molecule has 2 aliphatic heterocycles. The molecule has 3 N–H and O–H groups in total. The number of hydrogen-bond acceptors (Lipinski definition) is 5. The van der Waals surface area contributed by atoms with E-state index in [2.05, 4.69) is 0 Å². The van der Waals surface area contributed by atoms with E-state index in [-0.39, 0.29) is 22.9 Å². The Morgan fingerprint density at radius 1 is 1.65 bits per heavy atom. The molecule has 0 aliphatic carbocycles. The molecule has 2 aliphatic rings. The van der Waals surface area contributed by atoms with Crippen LogP contribution in [0.3, 0.4) is 0 Å². The summed E-state index contributed by atoms with van der Waals surface area (Å²) in [6.45, 7) is 2.45. The molecule has 94 valence electrons. The van der Waals surface area contributed by atoms with Gasteiger partial charge in [0, 0.05) is 12.3 Å². The fraction of sp³-hybridized carbons (Fsp3) is 0.600. The number of carbonyl (C=O) groups excluding carboxylic acids is 1. The number of amides is 1. The highest BCUT2D eigenvalue weighted by molar-refractivity contribution is 8.22. The van der Waals surface area contributed by atoms with Crippen molar-refractivity contribution in [1.82, 2.24) is 4.90 Å². The number of hydrogen-bond donors (Lipinski definition) is 2. The van der Waals surface area contributed by atoms with Crippen LogP contribution < -0.4 is 5.73 Å². The normalized spacial score (nSPS) is 27.2. The number of nitrogens with two attached hydrogens (primary N) is 1. The number of carbonyl (C=O) groups is 2. The van der Waals surface area contributed by atoms with Crippen LogP contribution in [-0.4, -0.2) is 39.6 Å². The van der Waals surface area contributed by atoms with E-state index in [1.165, 1.54) is 28.4 Å². The van der Waals surface area contributed by atoms with E-state index < -0.39 is 5.97 Å². The van der Waals surface area contributed by atoms with Crippen molar-refractivity contribution in [1.29, 1.82) is 0 Å². The van der Waals surface area contributed by atoms with Crippen molar-refractivity contribution in [3.8, 4) is 0 Å². The largest absolute Gasteiger partial charge is 0.477 e. The Bertz CT molecular complexity index is 397. The number of nitrogens with zero attached hydrogens (tertiary/aromatic N) is 1. The van der Waals surface area contributed by atoms with Crippen LogP contribution in [0.1, 0.15) is 13.3 Å². The van der Waals surface area contributed by atoms with Crippen LogP contribution >= 0.6 is 23.5 Å². The molecular formula is C10H14N2O3S2. The molecule has 7 heteroatoms. The molecule has 2 rings (SSSR count). The number of carboxylic acids is 1. The minimum absolute atomic E-state index is 0.0149. The maximum absolute atomic E-state index is 11.8. The van der Waals surface area contributed by atoms with E-state index in [0.717, 1.165) is 10.7 Å². The van der Waals surface area contributed by atoms with Gasteiger partial charge in [0.25, 0.3) is 0 Å². The molecule has 5 nitrogen and oxygen atoms in total. The van der Waals surface area contributed by atoms with E-state index in [1.807, 2.05) is 6.92 Å². The standard InChI is InChI=1S/C10H14N2O3S2/c1-2-5-7(13)12-6(9(14)15)10(16-4-3-11)17-8(5)12/h5,8H,2-4,11H2,1H3,(H,14,15)/t5?,8-/m0/s1. The first-order chi connectivity index (χ1) is 8.11. The molecule has 1 amide bonds. The van der Waals surface area contributed by atoms with Crippen molar-refractivity contribution in [2.24, 2.45) is 11.7 Å². The highest BCUT2D eigenvalue weighted by Crippen LogP contribution is 2.53. The lowest BCUT2D eigenvalue weighted by Gasteiger charge is -2.41. The molecule has 0 saturated carbocycles. The van der Waals surface area contributed by atoms with Crippen LogP contribution in [0.15, 0.2) is 9.93 Å². The quantitative estimate of drug-likeness (QED) is 0.724. The van der Waals surface area contributed by atoms with Crippen LogP contribution in [-0.2, 0) is 9.59 Å². The number of carboxylic acid groups (broad SMARTS) is 1. The van der Waals surface area contributed by atoms with Gasteiger partial charge in [-0.25, -0.2) is 4.79 Å². The molecule has 2 heterocycles. The third kappa shape index (κ3) is 1.96. The minimum atomic E-state index is -1.03. The lowest BCUT2D eigenvalue weighted by atomic mass is 9.95. The molecule has 1 unspecified atom stereocenters. The monoisotopic (exact) mass is 274 g/mol. The zero-order valence-corrected chi connectivity index (χ0v) is 11.0. The number of aliphatic carboxylic acids is 1. The van der Waals surface area contributed by atoms with Gasteiger partial charge in [-0.05, 0) is 6.42 Å². The summed E-state index contributed by atoms with van der Waals surface area (Å²) >= 11 is 2.91. The first kappa shape index (κ1) is 12.8. The van der Waals surface area contributed by atoms with E-state index in [1.54, 1.807) is 0 Å². The Kier molecular flexibility index (Phi) is 3.70. The molecule has 0 bridgehead atoms. The predicted molar refractivity (Wildman–Crippen MR) is 68.2 cm³/mol. The topological polar surface area (TPSA) is 83.6 Å². The van der Waals surface area contributed by atoms with E-state index in [9.17, 15) is 14.7 Å². The Balaban J connectivity index is 2.20. The Hall–Kier alpha value is -0.660. The molecule has 0 spiro atoms. The van der Waals surface area contributed by atoms with Gasteiger partial charge in [0.2, 0.25) is 5.91 Å². The summed E-state index contributed by atoms with van der Waals surface area (Å²) in [7, 11) is 0. The second kappa shape index (κ2) is 4.91. The summed E-state index contributed by atoms with van der Waals surface area (Å²) in [5, 5.41) is 9.16. The van der Waals surface area contributed by atoms with Crippen molar-refractivity contribution >= 4 is 35.4 Å². The number of fused-ring (bicyclic) bond motifs is 1. The molecule has 17 heavy (non-hydrogen) atoms. The second-order valence-corrected chi connectivity index (χ2v) is 6.30. The van der Waals surface area contributed by atoms with Crippen molar-refractivity contribution < 1.29 is 14.7 Å². The summed E-state index contributed by atoms with van der Waals surface area (Å²) in [5.74, 6) is -0.455. The first-order valence-corrected chi connectivity index (χ1v) is 7.28. The number of rotatable bonds is 5. The fourth-order valence-electron chi connectivity index (χ4n) is 1.98. The molecule has 1 saturated heterocycles. The van der Waals surface area contributed by atoms with Gasteiger partial charge in [-0.15, -0.1) is 11.8 Å². The average Bonchev–Trinajstić information content (AvgIpc) is 2.62. The Morgan fingerprint density at radius 3 is 2.88 bits per heavy atom. The summed E-state index contributed by atoms with van der Waals surface area (Å²) in [4.78, 5) is 24.4. The maximum Gasteiger partial charge on any atom is 0.354 e. The summed E-state index contributed by atoms with van der Waals surface area (Å²) < 4.78 is 0.720. The van der Waals surface area contributed by atoms with Crippen molar-refractivity contribution in [2.75, 3.05) is 12.3 Å². The molecule has 0 radical (unpaired) electrons. The van der Waals surface area contributed by atoms with Crippen molar-refractivity contribution in [3.05, 3.63) is 9.93 Å². The van der Waals surface area contributed by atoms with Gasteiger partial charge in [-0.3, -0.25) is 9.69 Å². The third-order valence-corrected chi connectivity index (χ3v) is 5.53. The van der Waals surface area contributed by atoms with Crippen LogP contribution in [0.2, 0.25) is 0 Å². The zero-order chi connectivity index (χ0) is 12.6. The van der Waals surface area contributed by atoms with E-state index in [0.29, 0.717) is 12.3 Å². The van der Waals surface area contributed by atoms with Gasteiger partial charge in [0.1, 0.15) is 0 Å². The molecule has 0 aromatic heterocycles. The predicted octanol–water partition coefficient (Wildman–Crippen LogP) is 0.873. The van der Waals surface area contributed by atoms with Gasteiger partial charge in [-0.2, -0.15) is 0 Å². The van der Waals surface area contributed by atoms with Gasteiger partial charge in [0.15, 0.2) is 5.70 Å². The van der Waals surface area contributed by atoms with Gasteiger partial charge >= 0.3 is 5.97 Å². The van der Waals surface area contributed by atoms with Crippen LogP contribution in [0.5, 0.6) is 0 Å². The Labute approximate surface area is 108 Å². The molecule has 0 aromatic rings.